The van der Waals surface area contributed by atoms with Gasteiger partial charge in [-0.1, -0.05) is 23.2 Å². The molecule has 0 saturated carbocycles. The van der Waals surface area contributed by atoms with E-state index in [-0.39, 0.29) is 11.5 Å². The van der Waals surface area contributed by atoms with E-state index in [9.17, 15) is 14.4 Å². The number of rotatable bonds is 9. The Morgan fingerprint density at radius 2 is 1.90 bits per heavy atom. The van der Waals surface area contributed by atoms with Gasteiger partial charge in [0.05, 0.1) is 9.93 Å². The lowest BCUT2D eigenvalue weighted by atomic mass is 9.87. The van der Waals surface area contributed by atoms with E-state index in [0.717, 1.165) is 46.6 Å². The molecule has 0 spiro atoms. The minimum absolute atomic E-state index is 0.134. The molecule has 1 N–H and O–H groups in total. The van der Waals surface area contributed by atoms with Gasteiger partial charge in [-0.2, -0.15) is 0 Å². The molecule has 0 bridgehead atoms. The van der Waals surface area contributed by atoms with Gasteiger partial charge in [0.1, 0.15) is 42.6 Å². The van der Waals surface area contributed by atoms with Crippen LogP contribution in [0.1, 0.15) is 55.0 Å². The van der Waals surface area contributed by atoms with Crippen LogP contribution in [-0.4, -0.2) is 52.5 Å². The molecule has 1 atom stereocenters. The summed E-state index contributed by atoms with van der Waals surface area (Å²) < 4.78 is 18.8. The highest BCUT2D eigenvalue weighted by atomic mass is 35.5. The zero-order valence-electron chi connectivity index (χ0n) is 24.1. The highest BCUT2D eigenvalue weighted by Gasteiger charge is 2.37. The van der Waals surface area contributed by atoms with E-state index in [2.05, 4.69) is 40.7 Å². The van der Waals surface area contributed by atoms with Crippen LogP contribution in [0.3, 0.4) is 0 Å². The molecule has 10 heteroatoms. The molecular weight excluding hydrogens is 566 g/mol. The normalized spacial score (nSPS) is 19.2. The van der Waals surface area contributed by atoms with E-state index in [4.69, 9.17) is 30.9 Å². The molecule has 2 aromatic carbocycles. The van der Waals surface area contributed by atoms with E-state index in [1.54, 1.807) is 18.2 Å². The maximum Gasteiger partial charge on any atom is 0.323 e. The fourth-order valence-corrected chi connectivity index (χ4v) is 5.85. The standard InChI is InChI=1S/C31H34ClNO7S/c1-17(2)10-12-38-27-18(3)19(4)28-22(20(27)5)9-11-31(6,40-28)16-39-24-8-7-21(13-23(24)32)14-25-29(36)33(15-26(34)35)30(37)41-25/h7-8,10,13-14H,9,11-12,15-16H2,1-6H3,(H,34,35). The Morgan fingerprint density at radius 1 is 1.17 bits per heavy atom. The Bertz CT molecular complexity index is 1480. The van der Waals surface area contributed by atoms with Crippen LogP contribution in [-0.2, 0) is 16.0 Å². The van der Waals surface area contributed by atoms with Gasteiger partial charge in [0.25, 0.3) is 11.1 Å². The summed E-state index contributed by atoms with van der Waals surface area (Å²) in [5.41, 5.74) is 5.60. The van der Waals surface area contributed by atoms with E-state index in [1.165, 1.54) is 11.6 Å². The second kappa shape index (κ2) is 12.2. The van der Waals surface area contributed by atoms with Crippen molar-refractivity contribution in [2.24, 2.45) is 0 Å². The number of imide groups is 1. The van der Waals surface area contributed by atoms with Crippen molar-refractivity contribution in [1.82, 2.24) is 4.90 Å². The number of ether oxygens (including phenoxy) is 3. The number of carbonyl (C=O) groups excluding carboxylic acids is 2. The van der Waals surface area contributed by atoms with E-state index < -0.39 is 29.3 Å². The summed E-state index contributed by atoms with van der Waals surface area (Å²) in [6.07, 6.45) is 5.15. The number of allylic oxidation sites excluding steroid dienone is 1. The van der Waals surface area contributed by atoms with Crippen LogP contribution in [0.4, 0.5) is 4.79 Å². The third-order valence-corrected chi connectivity index (χ3v) is 8.44. The fraction of sp³-hybridized carbons (Fsp3) is 0.387. The number of hydrogen-bond donors (Lipinski definition) is 1. The molecule has 2 amide bonds. The zero-order valence-corrected chi connectivity index (χ0v) is 25.6. The number of aliphatic carboxylic acids is 1. The topological polar surface area (TPSA) is 102 Å². The van der Waals surface area contributed by atoms with Crippen molar-refractivity contribution < 1.29 is 33.7 Å². The molecule has 41 heavy (non-hydrogen) atoms. The second-order valence-corrected chi connectivity index (χ2v) is 12.2. The van der Waals surface area contributed by atoms with Crippen LogP contribution in [0.15, 0.2) is 34.8 Å². The number of carboxylic acids is 1. The van der Waals surface area contributed by atoms with Crippen molar-refractivity contribution >= 4 is 46.6 Å². The van der Waals surface area contributed by atoms with Gasteiger partial charge in [0, 0.05) is 5.56 Å². The van der Waals surface area contributed by atoms with E-state index >= 15 is 0 Å². The number of carboxylic acid groups (broad SMARTS) is 1. The monoisotopic (exact) mass is 599 g/mol. The summed E-state index contributed by atoms with van der Waals surface area (Å²) in [4.78, 5) is 36.2. The summed E-state index contributed by atoms with van der Waals surface area (Å²) >= 11 is 7.20. The highest BCUT2D eigenvalue weighted by Crippen LogP contribution is 2.44. The number of benzene rings is 2. The SMILES string of the molecule is CC(C)=CCOc1c(C)c(C)c2c(c1C)CCC(C)(COc1ccc(C=C3SC(=O)N(CC(=O)O)C3=O)cc1Cl)O2. The summed E-state index contributed by atoms with van der Waals surface area (Å²) in [5, 5.41) is 8.65. The number of hydrogen-bond acceptors (Lipinski definition) is 7. The third-order valence-electron chi connectivity index (χ3n) is 7.24. The molecule has 218 valence electrons. The van der Waals surface area contributed by atoms with Crippen LogP contribution in [0.25, 0.3) is 6.08 Å². The number of nitrogens with zero attached hydrogens (tertiary/aromatic N) is 1. The third kappa shape index (κ3) is 6.73. The molecule has 8 nitrogen and oxygen atoms in total. The van der Waals surface area contributed by atoms with Crippen LogP contribution < -0.4 is 14.2 Å². The molecule has 0 radical (unpaired) electrons. The maximum absolute atomic E-state index is 12.4. The Kier molecular flexibility index (Phi) is 9.09. The van der Waals surface area contributed by atoms with Crippen molar-refractivity contribution in [3.63, 3.8) is 0 Å². The lowest BCUT2D eigenvalue weighted by Gasteiger charge is -2.38. The smallest absolute Gasteiger partial charge is 0.323 e. The molecule has 0 aliphatic carbocycles. The van der Waals surface area contributed by atoms with Gasteiger partial charge >= 0.3 is 5.97 Å². The average molecular weight is 600 g/mol. The van der Waals surface area contributed by atoms with Gasteiger partial charge in [-0.15, -0.1) is 0 Å². The lowest BCUT2D eigenvalue weighted by molar-refractivity contribution is -0.140. The number of halogens is 1. The van der Waals surface area contributed by atoms with E-state index in [1.807, 2.05) is 6.92 Å². The molecule has 0 aromatic heterocycles. The Balaban J connectivity index is 1.46. The molecule has 2 aromatic rings. The molecule has 1 saturated heterocycles. The second-order valence-electron chi connectivity index (χ2n) is 10.8. The summed E-state index contributed by atoms with van der Waals surface area (Å²) in [7, 11) is 0. The van der Waals surface area contributed by atoms with Gasteiger partial charge in [0.2, 0.25) is 0 Å². The minimum Gasteiger partial charge on any atom is -0.489 e. The predicted molar refractivity (Wildman–Crippen MR) is 160 cm³/mol. The van der Waals surface area contributed by atoms with Gasteiger partial charge in [-0.3, -0.25) is 19.3 Å². The Hall–Kier alpha value is -3.43. The van der Waals surface area contributed by atoms with Crippen molar-refractivity contribution in [1.29, 1.82) is 0 Å². The van der Waals surface area contributed by atoms with Gasteiger partial charge in [-0.05, 0) is 113 Å². The summed E-state index contributed by atoms with van der Waals surface area (Å²) in [6.45, 7) is 12.4. The van der Waals surface area contributed by atoms with Crippen LogP contribution >= 0.6 is 23.4 Å². The largest absolute Gasteiger partial charge is 0.489 e. The first-order valence-corrected chi connectivity index (χ1v) is 14.5. The van der Waals surface area contributed by atoms with Gasteiger partial charge < -0.3 is 19.3 Å². The molecular formula is C31H34ClNO7S. The van der Waals surface area contributed by atoms with E-state index in [0.29, 0.717) is 39.6 Å². The van der Waals surface area contributed by atoms with Crippen LogP contribution in [0, 0.1) is 20.8 Å². The maximum atomic E-state index is 12.4. The summed E-state index contributed by atoms with van der Waals surface area (Å²) in [6, 6.07) is 5.06. The first-order valence-electron chi connectivity index (χ1n) is 13.3. The Labute approximate surface area is 249 Å². The summed E-state index contributed by atoms with van der Waals surface area (Å²) in [5.74, 6) is 0.358. The highest BCUT2D eigenvalue weighted by molar-refractivity contribution is 8.18. The molecule has 1 fully saturated rings. The van der Waals surface area contributed by atoms with Crippen LogP contribution in [0.5, 0.6) is 17.2 Å². The number of thioether (sulfide) groups is 1. The fourth-order valence-electron chi connectivity index (χ4n) is 4.77. The van der Waals surface area contributed by atoms with Crippen molar-refractivity contribution in [3.8, 4) is 17.2 Å². The first-order chi connectivity index (χ1) is 19.3. The van der Waals surface area contributed by atoms with Crippen molar-refractivity contribution in [2.45, 2.75) is 60.0 Å². The van der Waals surface area contributed by atoms with Crippen molar-refractivity contribution in [3.05, 3.63) is 67.6 Å². The number of fused-ring (bicyclic) bond motifs is 1. The van der Waals surface area contributed by atoms with Crippen LogP contribution in [0.2, 0.25) is 5.02 Å². The molecule has 2 aliphatic rings. The Morgan fingerprint density at radius 3 is 2.56 bits per heavy atom. The van der Waals surface area contributed by atoms with Crippen molar-refractivity contribution in [2.75, 3.05) is 19.8 Å². The van der Waals surface area contributed by atoms with Gasteiger partial charge in [-0.25, -0.2) is 0 Å². The minimum atomic E-state index is -1.26. The zero-order chi connectivity index (χ0) is 30.1. The molecule has 2 heterocycles. The lowest BCUT2D eigenvalue weighted by Crippen LogP contribution is -2.42. The number of carbonyl (C=O) groups is 3. The average Bonchev–Trinajstić information content (AvgIpc) is 3.15. The molecule has 4 rings (SSSR count). The van der Waals surface area contributed by atoms with Gasteiger partial charge in [0.15, 0.2) is 0 Å². The molecule has 2 aliphatic heterocycles. The number of amides is 2. The quantitative estimate of drug-likeness (QED) is 0.245. The predicted octanol–water partition coefficient (Wildman–Crippen LogP) is 6.89. The first kappa shape index (κ1) is 30.5. The molecule has 1 unspecified atom stereocenters.